The van der Waals surface area contributed by atoms with E-state index < -0.39 is 36.1 Å². The Kier molecular flexibility index (Phi) is 7.71. The van der Waals surface area contributed by atoms with Crippen molar-refractivity contribution in [1.29, 1.82) is 0 Å². The minimum Gasteiger partial charge on any atom is -0.444 e. The molecule has 1 aromatic rings. The summed E-state index contributed by atoms with van der Waals surface area (Å²) in [5, 5.41) is 2.63. The second kappa shape index (κ2) is 9.93. The molecule has 10 nitrogen and oxygen atoms in total. The van der Waals surface area contributed by atoms with Crippen LogP contribution in [0.5, 0.6) is 0 Å². The Labute approximate surface area is 209 Å². The van der Waals surface area contributed by atoms with Gasteiger partial charge >= 0.3 is 13.2 Å². The Bertz CT molecular complexity index is 902. The molecule has 2 aliphatic rings. The fourth-order valence-electron chi connectivity index (χ4n) is 4.10. The molecule has 0 bridgehead atoms. The lowest BCUT2D eigenvalue weighted by molar-refractivity contribution is -0.132. The number of nitrogens with zero attached hydrogens (tertiary/aromatic N) is 4. The van der Waals surface area contributed by atoms with Crippen LogP contribution in [-0.2, 0) is 18.8 Å². The van der Waals surface area contributed by atoms with Crippen LogP contribution in [0.3, 0.4) is 0 Å². The highest BCUT2D eigenvalue weighted by Crippen LogP contribution is 2.36. The zero-order chi connectivity index (χ0) is 26.2. The van der Waals surface area contributed by atoms with Gasteiger partial charge in [-0.15, -0.1) is 0 Å². The van der Waals surface area contributed by atoms with Gasteiger partial charge in [0.05, 0.1) is 11.2 Å². The summed E-state index contributed by atoms with van der Waals surface area (Å²) < 4.78 is 17.4. The standard InChI is InChI=1S/C24H40BN5O5/c1-16(28-21(32)33-22(2,3)4)19(31)30-11-10-17(15-30)14-29(9)20-26-12-18(13-27-20)25-34-23(5,6)24(7,8)35-25/h12-13,16-17H,10-11,14-15H2,1-9H3,(H,28,32)/t16-,17-/m0/s1. The van der Waals surface area contributed by atoms with Gasteiger partial charge in [-0.25, -0.2) is 14.8 Å². The summed E-state index contributed by atoms with van der Waals surface area (Å²) in [5.74, 6) is 0.781. The van der Waals surface area contributed by atoms with E-state index in [9.17, 15) is 9.59 Å². The largest absolute Gasteiger partial charge is 0.498 e. The third-order valence-corrected chi connectivity index (χ3v) is 6.76. The Hall–Kier alpha value is -2.40. The number of alkyl carbamates (subject to hydrolysis) is 1. The van der Waals surface area contributed by atoms with E-state index in [1.807, 2.05) is 39.6 Å². The van der Waals surface area contributed by atoms with E-state index >= 15 is 0 Å². The van der Waals surface area contributed by atoms with Crippen LogP contribution >= 0.6 is 0 Å². The number of ether oxygens (including phenoxy) is 1. The van der Waals surface area contributed by atoms with Gasteiger partial charge in [0.1, 0.15) is 11.6 Å². The summed E-state index contributed by atoms with van der Waals surface area (Å²) in [4.78, 5) is 37.6. The Morgan fingerprint density at radius 1 is 1.23 bits per heavy atom. The number of hydrogen-bond donors (Lipinski definition) is 1. The molecule has 1 N–H and O–H groups in total. The predicted octanol–water partition coefficient (Wildman–Crippen LogP) is 1.97. The van der Waals surface area contributed by atoms with Crippen LogP contribution in [0.1, 0.15) is 61.8 Å². The molecule has 2 aliphatic heterocycles. The number of anilines is 1. The highest BCUT2D eigenvalue weighted by molar-refractivity contribution is 6.61. The van der Waals surface area contributed by atoms with Crippen molar-refractivity contribution in [2.75, 3.05) is 31.6 Å². The van der Waals surface area contributed by atoms with Crippen molar-refractivity contribution in [3.63, 3.8) is 0 Å². The third-order valence-electron chi connectivity index (χ3n) is 6.76. The van der Waals surface area contributed by atoms with E-state index in [0.717, 1.165) is 11.9 Å². The van der Waals surface area contributed by atoms with Crippen molar-refractivity contribution in [3.05, 3.63) is 12.4 Å². The van der Waals surface area contributed by atoms with E-state index in [1.54, 1.807) is 45.0 Å². The summed E-state index contributed by atoms with van der Waals surface area (Å²) in [6, 6.07) is -0.646. The van der Waals surface area contributed by atoms with Crippen LogP contribution in [0, 0.1) is 5.92 Å². The molecule has 35 heavy (non-hydrogen) atoms. The molecule has 3 heterocycles. The highest BCUT2D eigenvalue weighted by atomic mass is 16.7. The molecule has 194 valence electrons. The smallest absolute Gasteiger partial charge is 0.444 e. The first kappa shape index (κ1) is 27.2. The quantitative estimate of drug-likeness (QED) is 0.605. The topological polar surface area (TPSA) is 106 Å². The second-order valence-electron chi connectivity index (χ2n) is 11.6. The van der Waals surface area contributed by atoms with Crippen LogP contribution in [0.15, 0.2) is 12.4 Å². The number of hydrogen-bond acceptors (Lipinski definition) is 8. The van der Waals surface area contributed by atoms with Gasteiger partial charge < -0.3 is 29.2 Å². The molecule has 2 fully saturated rings. The Balaban J connectivity index is 1.50. The lowest BCUT2D eigenvalue weighted by Crippen LogP contribution is -2.47. The van der Waals surface area contributed by atoms with Gasteiger partial charge in [-0.1, -0.05) is 0 Å². The number of amides is 2. The molecule has 0 aromatic carbocycles. The van der Waals surface area contributed by atoms with Gasteiger partial charge in [0.25, 0.3) is 0 Å². The third kappa shape index (κ3) is 6.64. The van der Waals surface area contributed by atoms with Gasteiger partial charge in [0.2, 0.25) is 11.9 Å². The van der Waals surface area contributed by atoms with Crippen molar-refractivity contribution >= 4 is 30.5 Å². The van der Waals surface area contributed by atoms with Gasteiger partial charge in [-0.3, -0.25) is 4.79 Å². The normalized spacial score (nSPS) is 22.1. The van der Waals surface area contributed by atoms with E-state index in [4.69, 9.17) is 14.0 Å². The SMILES string of the molecule is C[C@H](NC(=O)OC(C)(C)C)C(=O)N1CC[C@@H](CN(C)c2ncc(B3OC(C)(C)C(C)(C)O3)cn2)C1. The summed E-state index contributed by atoms with van der Waals surface area (Å²) in [6.45, 7) is 17.1. The number of likely N-dealkylation sites (tertiary alicyclic amines) is 1. The first-order valence-corrected chi connectivity index (χ1v) is 12.2. The minimum absolute atomic E-state index is 0.107. The van der Waals surface area contributed by atoms with Crippen molar-refractivity contribution < 1.29 is 23.6 Å². The molecule has 11 heteroatoms. The number of aromatic nitrogens is 2. The lowest BCUT2D eigenvalue weighted by atomic mass is 9.81. The molecule has 1 aromatic heterocycles. The Morgan fingerprint density at radius 2 is 1.80 bits per heavy atom. The summed E-state index contributed by atoms with van der Waals surface area (Å²) in [7, 11) is 1.45. The predicted molar refractivity (Wildman–Crippen MR) is 135 cm³/mol. The lowest BCUT2D eigenvalue weighted by Gasteiger charge is -2.32. The van der Waals surface area contributed by atoms with Gasteiger partial charge in [0, 0.05) is 44.5 Å². The molecule has 0 radical (unpaired) electrons. The fourth-order valence-corrected chi connectivity index (χ4v) is 4.10. The van der Waals surface area contributed by atoms with Gasteiger partial charge in [0.15, 0.2) is 0 Å². The fraction of sp³-hybridized carbons (Fsp3) is 0.750. The summed E-state index contributed by atoms with van der Waals surface area (Å²) in [5.41, 5.74) is -0.664. The van der Waals surface area contributed by atoms with Crippen molar-refractivity contribution in [3.8, 4) is 0 Å². The zero-order valence-electron chi connectivity index (χ0n) is 22.5. The zero-order valence-corrected chi connectivity index (χ0v) is 22.5. The van der Waals surface area contributed by atoms with Crippen LogP contribution in [0.2, 0.25) is 0 Å². The minimum atomic E-state index is -0.646. The average Bonchev–Trinajstić information content (AvgIpc) is 3.27. The Morgan fingerprint density at radius 3 is 2.34 bits per heavy atom. The molecule has 0 unspecified atom stereocenters. The first-order chi connectivity index (χ1) is 16.1. The molecule has 2 saturated heterocycles. The van der Waals surface area contributed by atoms with E-state index in [2.05, 4.69) is 15.3 Å². The van der Waals surface area contributed by atoms with Crippen molar-refractivity contribution in [2.45, 2.75) is 84.7 Å². The summed E-state index contributed by atoms with van der Waals surface area (Å²) in [6.07, 6.45) is 3.78. The van der Waals surface area contributed by atoms with Gasteiger partial charge in [-0.05, 0) is 67.7 Å². The number of carbonyl (C=O) groups excluding carboxylic acids is 2. The molecule has 0 saturated carbocycles. The first-order valence-electron chi connectivity index (χ1n) is 12.2. The van der Waals surface area contributed by atoms with Crippen molar-refractivity contribution in [1.82, 2.24) is 20.2 Å². The maximum absolute atomic E-state index is 12.8. The van der Waals surface area contributed by atoms with E-state index in [0.29, 0.717) is 25.6 Å². The molecule has 0 spiro atoms. The highest BCUT2D eigenvalue weighted by Gasteiger charge is 2.52. The number of rotatable bonds is 6. The maximum atomic E-state index is 12.8. The van der Waals surface area contributed by atoms with Crippen LogP contribution in [0.4, 0.5) is 10.7 Å². The van der Waals surface area contributed by atoms with Crippen LogP contribution in [-0.4, -0.2) is 83.5 Å². The molecule has 3 rings (SSSR count). The summed E-state index contributed by atoms with van der Waals surface area (Å²) >= 11 is 0. The monoisotopic (exact) mass is 489 g/mol. The molecule has 2 amide bonds. The molecular weight excluding hydrogens is 449 g/mol. The second-order valence-corrected chi connectivity index (χ2v) is 11.6. The van der Waals surface area contributed by atoms with Gasteiger partial charge in [-0.2, -0.15) is 0 Å². The van der Waals surface area contributed by atoms with E-state index in [1.165, 1.54) is 0 Å². The number of carbonyl (C=O) groups is 2. The van der Waals surface area contributed by atoms with Crippen LogP contribution in [0.25, 0.3) is 0 Å². The number of nitrogens with one attached hydrogen (secondary N) is 1. The van der Waals surface area contributed by atoms with Crippen LogP contribution < -0.4 is 15.7 Å². The molecular formula is C24H40BN5O5. The molecule has 0 aliphatic carbocycles. The van der Waals surface area contributed by atoms with E-state index in [-0.39, 0.29) is 11.8 Å². The maximum Gasteiger partial charge on any atom is 0.498 e. The van der Waals surface area contributed by atoms with Crippen molar-refractivity contribution in [2.24, 2.45) is 5.92 Å². The molecule has 2 atom stereocenters. The average molecular weight is 489 g/mol.